The largest absolute Gasteiger partial charge is 0.380 e. The fourth-order valence-electron chi connectivity index (χ4n) is 3.30. The van der Waals surface area contributed by atoms with E-state index in [1.54, 1.807) is 23.5 Å². The van der Waals surface area contributed by atoms with E-state index in [2.05, 4.69) is 20.2 Å². The van der Waals surface area contributed by atoms with Crippen LogP contribution in [0.4, 0.5) is 5.69 Å². The number of nitrogens with zero attached hydrogens (tertiary/aromatic N) is 2. The van der Waals surface area contributed by atoms with Gasteiger partial charge in [-0.1, -0.05) is 23.7 Å². The van der Waals surface area contributed by atoms with Gasteiger partial charge in [-0.3, -0.25) is 9.69 Å². The van der Waals surface area contributed by atoms with Gasteiger partial charge in [0.1, 0.15) is 11.3 Å². The summed E-state index contributed by atoms with van der Waals surface area (Å²) >= 11 is 7.80. The molecule has 0 radical (unpaired) electrons. The number of carbonyl (C=O) groups excluding carboxylic acids is 1. The van der Waals surface area contributed by atoms with Crippen molar-refractivity contribution in [1.82, 2.24) is 14.9 Å². The highest BCUT2D eigenvalue weighted by atomic mass is 35.5. The fraction of sp³-hybridized carbons (Fsp3) is 0.368. The van der Waals surface area contributed by atoms with Crippen molar-refractivity contribution < 1.29 is 9.53 Å². The first-order valence-electron chi connectivity index (χ1n) is 8.96. The van der Waals surface area contributed by atoms with E-state index in [0.717, 1.165) is 53.6 Å². The van der Waals surface area contributed by atoms with Crippen molar-refractivity contribution >= 4 is 44.9 Å². The van der Waals surface area contributed by atoms with E-state index >= 15 is 0 Å². The van der Waals surface area contributed by atoms with Crippen molar-refractivity contribution in [1.29, 1.82) is 0 Å². The number of benzene rings is 1. The van der Waals surface area contributed by atoms with Crippen molar-refractivity contribution in [3.8, 4) is 0 Å². The smallest absolute Gasteiger partial charge is 0.272 e. The SMILES string of the molecule is Cc1nc2[nH]c(C(=O)Nc3ccccc3Cl)c(CN3CCCOCC3)c2s1. The number of aromatic nitrogens is 2. The minimum atomic E-state index is -0.202. The molecule has 2 aromatic heterocycles. The van der Waals surface area contributed by atoms with Gasteiger partial charge in [-0.05, 0) is 25.5 Å². The Morgan fingerprint density at radius 1 is 1.37 bits per heavy atom. The number of para-hydroxylation sites is 1. The summed E-state index contributed by atoms with van der Waals surface area (Å²) in [5, 5.41) is 4.41. The minimum absolute atomic E-state index is 0.202. The van der Waals surface area contributed by atoms with E-state index in [1.165, 1.54) is 0 Å². The number of rotatable bonds is 4. The molecule has 1 aliphatic heterocycles. The highest BCUT2D eigenvalue weighted by Crippen LogP contribution is 2.30. The standard InChI is InChI=1S/C19H21ClN4O2S/c1-12-21-18-17(27-12)13(11-24-7-4-9-26-10-8-24)16(23-18)19(25)22-15-6-3-2-5-14(15)20/h2-3,5-6,23H,4,7-11H2,1H3,(H,22,25). The third-order valence-electron chi connectivity index (χ3n) is 4.60. The van der Waals surface area contributed by atoms with Gasteiger partial charge in [0.25, 0.3) is 5.91 Å². The molecule has 8 heteroatoms. The molecule has 1 saturated heterocycles. The number of thiazole rings is 1. The summed E-state index contributed by atoms with van der Waals surface area (Å²) in [4.78, 5) is 23.1. The molecule has 0 atom stereocenters. The third kappa shape index (κ3) is 4.01. The first-order valence-corrected chi connectivity index (χ1v) is 10.1. The lowest BCUT2D eigenvalue weighted by Gasteiger charge is -2.19. The van der Waals surface area contributed by atoms with Crippen molar-refractivity contribution in [2.24, 2.45) is 0 Å². The fourth-order valence-corrected chi connectivity index (χ4v) is 4.39. The zero-order chi connectivity index (χ0) is 18.8. The summed E-state index contributed by atoms with van der Waals surface area (Å²) in [6.07, 6.45) is 0.996. The summed E-state index contributed by atoms with van der Waals surface area (Å²) in [6, 6.07) is 7.23. The van der Waals surface area contributed by atoms with Crippen LogP contribution in [0.25, 0.3) is 10.3 Å². The molecule has 3 heterocycles. The predicted octanol–water partition coefficient (Wildman–Crippen LogP) is 4.06. The molecule has 0 saturated carbocycles. The van der Waals surface area contributed by atoms with Crippen LogP contribution in [0, 0.1) is 6.92 Å². The highest BCUT2D eigenvalue weighted by molar-refractivity contribution is 7.18. The topological polar surface area (TPSA) is 70.2 Å². The normalized spacial score (nSPS) is 15.8. The molecule has 0 aliphatic carbocycles. The molecule has 1 amide bonds. The second-order valence-corrected chi connectivity index (χ2v) is 8.18. The van der Waals surface area contributed by atoms with Gasteiger partial charge in [-0.25, -0.2) is 4.98 Å². The molecule has 0 unspecified atom stereocenters. The minimum Gasteiger partial charge on any atom is -0.380 e. The number of hydrogen-bond donors (Lipinski definition) is 2. The van der Waals surface area contributed by atoms with Crippen LogP contribution in [0.2, 0.25) is 5.02 Å². The summed E-state index contributed by atoms with van der Waals surface area (Å²) in [7, 11) is 0. The number of amides is 1. The Hall–Kier alpha value is -1.93. The molecule has 1 aliphatic rings. The van der Waals surface area contributed by atoms with Crippen molar-refractivity contribution in [2.75, 3.05) is 31.6 Å². The lowest BCUT2D eigenvalue weighted by molar-refractivity contribution is 0.102. The molecule has 2 N–H and O–H groups in total. The monoisotopic (exact) mass is 404 g/mol. The van der Waals surface area contributed by atoms with Gasteiger partial charge in [0.05, 0.1) is 27.0 Å². The van der Waals surface area contributed by atoms with Crippen LogP contribution in [-0.4, -0.2) is 47.1 Å². The molecule has 0 bridgehead atoms. The lowest BCUT2D eigenvalue weighted by atomic mass is 10.2. The van der Waals surface area contributed by atoms with Crippen molar-refractivity contribution in [3.63, 3.8) is 0 Å². The lowest BCUT2D eigenvalue weighted by Crippen LogP contribution is -2.27. The van der Waals surface area contributed by atoms with Crippen LogP contribution in [0.5, 0.6) is 0 Å². The van der Waals surface area contributed by atoms with Crippen LogP contribution < -0.4 is 5.32 Å². The highest BCUT2D eigenvalue weighted by Gasteiger charge is 2.23. The van der Waals surface area contributed by atoms with Crippen molar-refractivity contribution in [3.05, 3.63) is 45.6 Å². The van der Waals surface area contributed by atoms with Gasteiger partial charge < -0.3 is 15.0 Å². The van der Waals surface area contributed by atoms with Gasteiger partial charge in [0, 0.05) is 31.8 Å². The Balaban J connectivity index is 1.66. The third-order valence-corrected chi connectivity index (χ3v) is 5.96. The number of carbonyl (C=O) groups is 1. The summed E-state index contributed by atoms with van der Waals surface area (Å²) in [5.41, 5.74) is 2.90. The Bertz CT molecular complexity index is 960. The molecular weight excluding hydrogens is 384 g/mol. The van der Waals surface area contributed by atoms with Gasteiger partial charge in [0.2, 0.25) is 0 Å². The number of aryl methyl sites for hydroxylation is 1. The number of nitrogens with one attached hydrogen (secondary N) is 2. The second-order valence-electron chi connectivity index (χ2n) is 6.57. The van der Waals surface area contributed by atoms with E-state index in [1.807, 2.05) is 19.1 Å². The average molecular weight is 405 g/mol. The molecule has 3 aromatic rings. The van der Waals surface area contributed by atoms with E-state index < -0.39 is 0 Å². The maximum absolute atomic E-state index is 13.0. The molecule has 142 valence electrons. The Labute approximate surface area is 166 Å². The van der Waals surface area contributed by atoms with Crippen LogP contribution in [0.15, 0.2) is 24.3 Å². The second kappa shape index (κ2) is 7.98. The molecule has 1 fully saturated rings. The Morgan fingerprint density at radius 2 is 2.22 bits per heavy atom. The molecule has 4 rings (SSSR count). The van der Waals surface area contributed by atoms with Crippen LogP contribution >= 0.6 is 22.9 Å². The molecule has 27 heavy (non-hydrogen) atoms. The van der Waals surface area contributed by atoms with Gasteiger partial charge in [-0.15, -0.1) is 11.3 Å². The van der Waals surface area contributed by atoms with E-state index in [9.17, 15) is 4.79 Å². The number of H-pyrrole nitrogens is 1. The van der Waals surface area contributed by atoms with Crippen LogP contribution in [-0.2, 0) is 11.3 Å². The number of anilines is 1. The quantitative estimate of drug-likeness (QED) is 0.687. The van der Waals surface area contributed by atoms with Crippen LogP contribution in [0.3, 0.4) is 0 Å². The first-order chi connectivity index (χ1) is 13.1. The molecular formula is C19H21ClN4O2S. The number of aromatic amines is 1. The van der Waals surface area contributed by atoms with Gasteiger partial charge >= 0.3 is 0 Å². The van der Waals surface area contributed by atoms with Gasteiger partial charge in [0.15, 0.2) is 0 Å². The Kier molecular flexibility index (Phi) is 5.45. The predicted molar refractivity (Wildman–Crippen MR) is 109 cm³/mol. The summed E-state index contributed by atoms with van der Waals surface area (Å²) in [5.74, 6) is -0.202. The number of ether oxygens (including phenoxy) is 1. The molecule has 1 aromatic carbocycles. The van der Waals surface area contributed by atoms with Crippen molar-refractivity contribution in [2.45, 2.75) is 19.9 Å². The first kappa shape index (κ1) is 18.4. The average Bonchev–Trinajstić information content (AvgIpc) is 3.03. The van der Waals surface area contributed by atoms with E-state index in [4.69, 9.17) is 16.3 Å². The number of halogens is 1. The van der Waals surface area contributed by atoms with E-state index in [0.29, 0.717) is 22.9 Å². The van der Waals surface area contributed by atoms with Crippen LogP contribution in [0.1, 0.15) is 27.5 Å². The summed E-state index contributed by atoms with van der Waals surface area (Å²) < 4.78 is 6.60. The summed E-state index contributed by atoms with van der Waals surface area (Å²) in [6.45, 7) is 5.99. The maximum Gasteiger partial charge on any atom is 0.272 e. The molecule has 0 spiro atoms. The zero-order valence-corrected chi connectivity index (χ0v) is 16.6. The Morgan fingerprint density at radius 3 is 3.07 bits per heavy atom. The zero-order valence-electron chi connectivity index (χ0n) is 15.0. The van der Waals surface area contributed by atoms with Gasteiger partial charge in [-0.2, -0.15) is 0 Å². The number of fused-ring (bicyclic) bond motifs is 1. The number of hydrogen-bond acceptors (Lipinski definition) is 5. The molecule has 6 nitrogen and oxygen atoms in total. The maximum atomic E-state index is 13.0. The van der Waals surface area contributed by atoms with E-state index in [-0.39, 0.29) is 5.91 Å².